The maximum atomic E-state index is 4.62. The minimum Gasteiger partial charge on any atom is -0.308 e. The Morgan fingerprint density at radius 2 is 1.86 bits per heavy atom. The first-order valence-corrected chi connectivity index (χ1v) is 7.76. The van der Waals surface area contributed by atoms with Crippen molar-refractivity contribution in [3.8, 4) is 0 Å². The van der Waals surface area contributed by atoms with E-state index in [0.29, 0.717) is 0 Å². The van der Waals surface area contributed by atoms with Crippen LogP contribution in [-0.4, -0.2) is 15.3 Å². The highest BCUT2D eigenvalue weighted by atomic mass is 15.3. The molecule has 0 aliphatic rings. The third-order valence-corrected chi connectivity index (χ3v) is 3.55. The zero-order valence-electron chi connectivity index (χ0n) is 13.7. The molecule has 1 N–H and O–H groups in total. The fourth-order valence-corrected chi connectivity index (χ4v) is 2.30. The molecule has 0 saturated carbocycles. The number of aromatic nitrogens is 2. The second-order valence-corrected chi connectivity index (χ2v) is 6.70. The van der Waals surface area contributed by atoms with Gasteiger partial charge >= 0.3 is 0 Å². The van der Waals surface area contributed by atoms with Crippen LogP contribution < -0.4 is 5.32 Å². The van der Waals surface area contributed by atoms with Gasteiger partial charge in [-0.2, -0.15) is 5.10 Å². The quantitative estimate of drug-likeness (QED) is 0.877. The zero-order valence-corrected chi connectivity index (χ0v) is 13.7. The van der Waals surface area contributed by atoms with Crippen LogP contribution in [0.25, 0.3) is 0 Å². The Labute approximate surface area is 128 Å². The summed E-state index contributed by atoms with van der Waals surface area (Å²) < 4.78 is 2.08. The first-order chi connectivity index (χ1) is 9.94. The lowest BCUT2D eigenvalue weighted by Gasteiger charge is -2.20. The van der Waals surface area contributed by atoms with E-state index in [0.717, 1.165) is 31.6 Å². The van der Waals surface area contributed by atoms with E-state index in [1.807, 2.05) is 0 Å². The Kier molecular flexibility index (Phi) is 5.18. The Bertz CT molecular complexity index is 550. The molecule has 3 nitrogen and oxygen atoms in total. The summed E-state index contributed by atoms with van der Waals surface area (Å²) in [4.78, 5) is 0. The average Bonchev–Trinajstić information content (AvgIpc) is 2.77. The molecule has 0 amide bonds. The minimum atomic E-state index is 0.141. The third-order valence-electron chi connectivity index (χ3n) is 3.55. The Morgan fingerprint density at radius 3 is 2.52 bits per heavy atom. The third kappa shape index (κ3) is 5.35. The van der Waals surface area contributed by atoms with Gasteiger partial charge in [0.25, 0.3) is 0 Å². The minimum absolute atomic E-state index is 0.141. The summed E-state index contributed by atoms with van der Waals surface area (Å²) >= 11 is 0. The first-order valence-electron chi connectivity index (χ1n) is 7.76. The van der Waals surface area contributed by atoms with E-state index in [2.05, 4.69) is 79.3 Å². The maximum absolute atomic E-state index is 4.62. The van der Waals surface area contributed by atoms with Crippen LogP contribution in [0.15, 0.2) is 36.5 Å². The molecule has 0 bridgehead atoms. The lowest BCUT2D eigenvalue weighted by atomic mass is 10.1. The number of benzene rings is 1. The largest absolute Gasteiger partial charge is 0.308 e. The molecule has 0 fully saturated rings. The van der Waals surface area contributed by atoms with Gasteiger partial charge in [0.2, 0.25) is 0 Å². The lowest BCUT2D eigenvalue weighted by molar-refractivity contribution is 0.423. The van der Waals surface area contributed by atoms with E-state index in [9.17, 15) is 0 Å². The van der Waals surface area contributed by atoms with Crippen LogP contribution in [0.3, 0.4) is 0 Å². The van der Waals surface area contributed by atoms with Crippen molar-refractivity contribution in [3.63, 3.8) is 0 Å². The normalized spacial score (nSPS) is 11.8. The van der Waals surface area contributed by atoms with Crippen molar-refractivity contribution in [3.05, 3.63) is 53.3 Å². The van der Waals surface area contributed by atoms with Gasteiger partial charge in [-0.3, -0.25) is 4.68 Å². The predicted octanol–water partition coefficient (Wildman–Crippen LogP) is 3.71. The van der Waals surface area contributed by atoms with Gasteiger partial charge in [0.15, 0.2) is 0 Å². The molecule has 1 aromatic carbocycles. The molecule has 3 heteroatoms. The van der Waals surface area contributed by atoms with E-state index < -0.39 is 0 Å². The van der Waals surface area contributed by atoms with Gasteiger partial charge in [0, 0.05) is 30.4 Å². The zero-order chi connectivity index (χ0) is 15.3. The van der Waals surface area contributed by atoms with Crippen LogP contribution >= 0.6 is 0 Å². The SMILES string of the molecule is Cc1nn(CCCc2ccccc2)cc1CNC(C)(C)C. The molecule has 0 aliphatic carbocycles. The molecule has 1 aromatic heterocycles. The Morgan fingerprint density at radius 1 is 1.14 bits per heavy atom. The predicted molar refractivity (Wildman–Crippen MR) is 88.3 cm³/mol. The van der Waals surface area contributed by atoms with Gasteiger partial charge in [-0.15, -0.1) is 0 Å². The van der Waals surface area contributed by atoms with E-state index in [4.69, 9.17) is 0 Å². The fraction of sp³-hybridized carbons (Fsp3) is 0.500. The summed E-state index contributed by atoms with van der Waals surface area (Å²) in [6.45, 7) is 10.5. The van der Waals surface area contributed by atoms with Crippen LogP contribution in [0.2, 0.25) is 0 Å². The standard InChI is InChI=1S/C18H27N3/c1-15-17(13-19-18(2,3)4)14-21(20-15)12-8-11-16-9-6-5-7-10-16/h5-7,9-10,14,19H,8,11-13H2,1-4H3. The van der Waals surface area contributed by atoms with Gasteiger partial charge in [-0.1, -0.05) is 30.3 Å². The van der Waals surface area contributed by atoms with Gasteiger partial charge in [0.1, 0.15) is 0 Å². The van der Waals surface area contributed by atoms with Crippen LogP contribution in [-0.2, 0) is 19.5 Å². The van der Waals surface area contributed by atoms with Crippen molar-refractivity contribution in [1.29, 1.82) is 0 Å². The van der Waals surface area contributed by atoms with Crippen molar-refractivity contribution in [2.75, 3.05) is 0 Å². The summed E-state index contributed by atoms with van der Waals surface area (Å²) in [5.41, 5.74) is 3.97. The highest BCUT2D eigenvalue weighted by Crippen LogP contribution is 2.10. The van der Waals surface area contributed by atoms with Crippen molar-refractivity contribution >= 4 is 0 Å². The molecule has 2 rings (SSSR count). The molecule has 21 heavy (non-hydrogen) atoms. The Balaban J connectivity index is 1.84. The summed E-state index contributed by atoms with van der Waals surface area (Å²) in [5.74, 6) is 0. The highest BCUT2D eigenvalue weighted by molar-refractivity contribution is 5.16. The summed E-state index contributed by atoms with van der Waals surface area (Å²) in [6.07, 6.45) is 4.41. The Hall–Kier alpha value is -1.61. The molecule has 0 radical (unpaired) electrons. The van der Waals surface area contributed by atoms with Crippen LogP contribution in [0.4, 0.5) is 0 Å². The number of hydrogen-bond donors (Lipinski definition) is 1. The average molecular weight is 285 g/mol. The molecule has 1 heterocycles. The molecule has 114 valence electrons. The molecule has 0 saturated heterocycles. The maximum Gasteiger partial charge on any atom is 0.0638 e. The first kappa shape index (κ1) is 15.8. The summed E-state index contributed by atoms with van der Waals surface area (Å²) in [5, 5.41) is 8.14. The molecular weight excluding hydrogens is 258 g/mol. The number of rotatable bonds is 6. The number of nitrogens with one attached hydrogen (secondary N) is 1. The molecular formula is C18H27N3. The fourth-order valence-electron chi connectivity index (χ4n) is 2.30. The molecule has 0 unspecified atom stereocenters. The van der Waals surface area contributed by atoms with Crippen LogP contribution in [0.5, 0.6) is 0 Å². The van der Waals surface area contributed by atoms with Crippen molar-refractivity contribution in [2.45, 2.75) is 59.2 Å². The number of aryl methyl sites for hydroxylation is 3. The van der Waals surface area contributed by atoms with E-state index in [-0.39, 0.29) is 5.54 Å². The van der Waals surface area contributed by atoms with Gasteiger partial charge in [-0.05, 0) is 46.1 Å². The second kappa shape index (κ2) is 6.90. The van der Waals surface area contributed by atoms with E-state index in [1.54, 1.807) is 0 Å². The molecule has 0 aliphatic heterocycles. The van der Waals surface area contributed by atoms with Crippen molar-refractivity contribution < 1.29 is 0 Å². The lowest BCUT2D eigenvalue weighted by Crippen LogP contribution is -2.35. The van der Waals surface area contributed by atoms with E-state index in [1.165, 1.54) is 11.1 Å². The van der Waals surface area contributed by atoms with Crippen molar-refractivity contribution in [1.82, 2.24) is 15.1 Å². The monoisotopic (exact) mass is 285 g/mol. The van der Waals surface area contributed by atoms with Gasteiger partial charge < -0.3 is 5.32 Å². The van der Waals surface area contributed by atoms with Gasteiger partial charge in [0.05, 0.1) is 5.69 Å². The smallest absolute Gasteiger partial charge is 0.0638 e. The van der Waals surface area contributed by atoms with E-state index >= 15 is 0 Å². The second-order valence-electron chi connectivity index (χ2n) is 6.70. The van der Waals surface area contributed by atoms with Crippen LogP contribution in [0.1, 0.15) is 44.0 Å². The molecule has 0 spiro atoms. The number of nitrogens with zero attached hydrogens (tertiary/aromatic N) is 2. The molecule has 0 atom stereocenters. The summed E-state index contributed by atoms with van der Waals surface area (Å²) in [6, 6.07) is 10.6. The van der Waals surface area contributed by atoms with Crippen LogP contribution in [0, 0.1) is 6.92 Å². The highest BCUT2D eigenvalue weighted by Gasteiger charge is 2.11. The van der Waals surface area contributed by atoms with Crippen molar-refractivity contribution in [2.24, 2.45) is 0 Å². The molecule has 2 aromatic rings. The number of hydrogen-bond acceptors (Lipinski definition) is 2. The topological polar surface area (TPSA) is 29.9 Å². The van der Waals surface area contributed by atoms with Gasteiger partial charge in [-0.25, -0.2) is 0 Å². The summed E-state index contributed by atoms with van der Waals surface area (Å²) in [7, 11) is 0.